The van der Waals surface area contributed by atoms with Crippen LogP contribution in [-0.4, -0.2) is 0 Å². The van der Waals surface area contributed by atoms with Gasteiger partial charge >= 0.3 is 0 Å². The standard InChI is InChI=1S/C11H13NOS/c1-7-3-5-13-11(7)10(12)9-4-6-14-8(9)2/h3-6,10H,12H2,1-2H3. The first-order valence-corrected chi connectivity index (χ1v) is 5.41. The Hall–Kier alpha value is -1.06. The fraction of sp³-hybridized carbons (Fsp3) is 0.273. The van der Waals surface area contributed by atoms with Gasteiger partial charge < -0.3 is 10.2 Å². The van der Waals surface area contributed by atoms with Gasteiger partial charge in [0.1, 0.15) is 5.76 Å². The van der Waals surface area contributed by atoms with E-state index < -0.39 is 0 Å². The van der Waals surface area contributed by atoms with Crippen LogP contribution in [0, 0.1) is 13.8 Å². The van der Waals surface area contributed by atoms with Gasteiger partial charge in [0, 0.05) is 4.88 Å². The molecule has 0 aliphatic rings. The molecule has 0 fully saturated rings. The Bertz CT molecular complexity index is 390. The molecule has 0 bridgehead atoms. The molecule has 2 rings (SSSR count). The first kappa shape index (κ1) is 9.49. The van der Waals surface area contributed by atoms with Crippen molar-refractivity contribution in [2.45, 2.75) is 19.9 Å². The maximum Gasteiger partial charge on any atom is 0.127 e. The van der Waals surface area contributed by atoms with Crippen LogP contribution < -0.4 is 5.73 Å². The van der Waals surface area contributed by atoms with Gasteiger partial charge in [-0.2, -0.15) is 0 Å². The summed E-state index contributed by atoms with van der Waals surface area (Å²) in [4.78, 5) is 1.26. The molecule has 1 unspecified atom stereocenters. The second-order valence-corrected chi connectivity index (χ2v) is 4.50. The van der Waals surface area contributed by atoms with Crippen molar-refractivity contribution in [3.8, 4) is 0 Å². The third-order valence-corrected chi connectivity index (χ3v) is 3.28. The third-order valence-electron chi connectivity index (χ3n) is 2.42. The zero-order valence-corrected chi connectivity index (χ0v) is 9.10. The lowest BCUT2D eigenvalue weighted by molar-refractivity contribution is 0.486. The Kier molecular flexibility index (Phi) is 2.44. The summed E-state index contributed by atoms with van der Waals surface area (Å²) in [7, 11) is 0. The third kappa shape index (κ3) is 1.49. The van der Waals surface area contributed by atoms with Crippen LogP contribution in [0.4, 0.5) is 0 Å². The van der Waals surface area contributed by atoms with Crippen molar-refractivity contribution in [3.63, 3.8) is 0 Å². The Morgan fingerprint density at radius 3 is 2.64 bits per heavy atom. The Labute approximate surface area is 87.4 Å². The van der Waals surface area contributed by atoms with E-state index in [1.807, 2.05) is 13.0 Å². The smallest absolute Gasteiger partial charge is 0.127 e. The van der Waals surface area contributed by atoms with Gasteiger partial charge in [-0.05, 0) is 42.5 Å². The molecule has 2 nitrogen and oxygen atoms in total. The summed E-state index contributed by atoms with van der Waals surface area (Å²) >= 11 is 1.71. The highest BCUT2D eigenvalue weighted by molar-refractivity contribution is 7.10. The van der Waals surface area contributed by atoms with Crippen LogP contribution in [0.15, 0.2) is 28.2 Å². The highest BCUT2D eigenvalue weighted by Crippen LogP contribution is 2.28. The maximum atomic E-state index is 6.12. The molecular formula is C11H13NOS. The fourth-order valence-corrected chi connectivity index (χ4v) is 2.31. The summed E-state index contributed by atoms with van der Waals surface area (Å²) in [5, 5.41) is 2.06. The minimum absolute atomic E-state index is 0.128. The Balaban J connectivity index is 2.38. The van der Waals surface area contributed by atoms with Crippen LogP contribution in [0.2, 0.25) is 0 Å². The number of thiophene rings is 1. The van der Waals surface area contributed by atoms with Crippen LogP contribution in [0.3, 0.4) is 0 Å². The molecule has 0 aliphatic heterocycles. The first-order valence-electron chi connectivity index (χ1n) is 4.53. The first-order chi connectivity index (χ1) is 6.70. The molecule has 0 radical (unpaired) electrons. The molecule has 2 N–H and O–H groups in total. The van der Waals surface area contributed by atoms with E-state index in [0.29, 0.717) is 0 Å². The summed E-state index contributed by atoms with van der Waals surface area (Å²) < 4.78 is 5.38. The largest absolute Gasteiger partial charge is 0.467 e. The Morgan fingerprint density at radius 2 is 2.14 bits per heavy atom. The molecule has 0 aromatic carbocycles. The highest BCUT2D eigenvalue weighted by Gasteiger charge is 2.16. The lowest BCUT2D eigenvalue weighted by Gasteiger charge is -2.09. The predicted molar refractivity (Wildman–Crippen MR) is 58.5 cm³/mol. The van der Waals surface area contributed by atoms with Crippen molar-refractivity contribution in [2.24, 2.45) is 5.73 Å². The van der Waals surface area contributed by atoms with Crippen molar-refractivity contribution >= 4 is 11.3 Å². The molecule has 0 saturated heterocycles. The van der Waals surface area contributed by atoms with E-state index in [4.69, 9.17) is 10.2 Å². The summed E-state index contributed by atoms with van der Waals surface area (Å²) in [5.41, 5.74) is 8.39. The second-order valence-electron chi connectivity index (χ2n) is 3.38. The molecule has 0 saturated carbocycles. The van der Waals surface area contributed by atoms with Crippen LogP contribution in [-0.2, 0) is 0 Å². The van der Waals surface area contributed by atoms with E-state index >= 15 is 0 Å². The molecule has 0 spiro atoms. The molecule has 14 heavy (non-hydrogen) atoms. The summed E-state index contributed by atoms with van der Waals surface area (Å²) in [6.07, 6.45) is 1.69. The van der Waals surface area contributed by atoms with Crippen LogP contribution in [0.1, 0.15) is 27.8 Å². The van der Waals surface area contributed by atoms with Gasteiger partial charge in [0.15, 0.2) is 0 Å². The van der Waals surface area contributed by atoms with Crippen molar-refractivity contribution in [1.29, 1.82) is 0 Å². The quantitative estimate of drug-likeness (QED) is 0.822. The van der Waals surface area contributed by atoms with Crippen LogP contribution in [0.5, 0.6) is 0 Å². The molecule has 3 heteroatoms. The number of rotatable bonds is 2. The van der Waals surface area contributed by atoms with E-state index in [0.717, 1.165) is 16.9 Å². The molecular weight excluding hydrogens is 194 g/mol. The molecule has 0 aliphatic carbocycles. The number of aryl methyl sites for hydroxylation is 2. The zero-order valence-electron chi connectivity index (χ0n) is 8.28. The number of hydrogen-bond donors (Lipinski definition) is 1. The SMILES string of the molecule is Cc1ccoc1C(N)c1ccsc1C. The van der Waals surface area contributed by atoms with E-state index in [1.165, 1.54) is 4.88 Å². The maximum absolute atomic E-state index is 6.12. The molecule has 2 heterocycles. The van der Waals surface area contributed by atoms with Gasteiger partial charge in [-0.3, -0.25) is 0 Å². The minimum Gasteiger partial charge on any atom is -0.467 e. The fourth-order valence-electron chi connectivity index (χ4n) is 1.56. The number of hydrogen-bond acceptors (Lipinski definition) is 3. The van der Waals surface area contributed by atoms with Crippen LogP contribution >= 0.6 is 11.3 Å². The lowest BCUT2D eigenvalue weighted by atomic mass is 10.0. The van der Waals surface area contributed by atoms with E-state index in [-0.39, 0.29) is 6.04 Å². The topological polar surface area (TPSA) is 39.2 Å². The van der Waals surface area contributed by atoms with E-state index in [2.05, 4.69) is 18.4 Å². The van der Waals surface area contributed by atoms with Gasteiger partial charge in [-0.25, -0.2) is 0 Å². The average Bonchev–Trinajstić information content (AvgIpc) is 2.73. The average molecular weight is 207 g/mol. The van der Waals surface area contributed by atoms with Crippen molar-refractivity contribution < 1.29 is 4.42 Å². The number of nitrogens with two attached hydrogens (primary N) is 1. The molecule has 2 aromatic heterocycles. The van der Waals surface area contributed by atoms with E-state index in [9.17, 15) is 0 Å². The van der Waals surface area contributed by atoms with Gasteiger partial charge in [-0.1, -0.05) is 0 Å². The molecule has 74 valence electrons. The monoisotopic (exact) mass is 207 g/mol. The normalized spacial score (nSPS) is 13.1. The molecule has 2 aromatic rings. The lowest BCUT2D eigenvalue weighted by Crippen LogP contribution is -2.12. The highest BCUT2D eigenvalue weighted by atomic mass is 32.1. The van der Waals surface area contributed by atoms with Gasteiger partial charge in [-0.15, -0.1) is 11.3 Å². The predicted octanol–water partition coefficient (Wildman–Crippen LogP) is 3.01. The summed E-state index contributed by atoms with van der Waals surface area (Å²) in [6, 6.07) is 3.88. The van der Waals surface area contributed by atoms with Crippen LogP contribution in [0.25, 0.3) is 0 Å². The number of furan rings is 1. The van der Waals surface area contributed by atoms with Gasteiger partial charge in [0.2, 0.25) is 0 Å². The summed E-state index contributed by atoms with van der Waals surface area (Å²) in [5.74, 6) is 0.867. The van der Waals surface area contributed by atoms with Crippen molar-refractivity contribution in [2.75, 3.05) is 0 Å². The minimum atomic E-state index is -0.128. The molecule has 0 amide bonds. The van der Waals surface area contributed by atoms with E-state index in [1.54, 1.807) is 17.6 Å². The second kappa shape index (κ2) is 3.59. The summed E-state index contributed by atoms with van der Waals surface area (Å²) in [6.45, 7) is 4.10. The van der Waals surface area contributed by atoms with Crippen molar-refractivity contribution in [3.05, 3.63) is 45.5 Å². The van der Waals surface area contributed by atoms with Gasteiger partial charge in [0.05, 0.1) is 12.3 Å². The van der Waals surface area contributed by atoms with Crippen molar-refractivity contribution in [1.82, 2.24) is 0 Å². The molecule has 1 atom stereocenters. The van der Waals surface area contributed by atoms with Gasteiger partial charge in [0.25, 0.3) is 0 Å². The zero-order chi connectivity index (χ0) is 10.1. The Morgan fingerprint density at radius 1 is 1.36 bits per heavy atom.